The highest BCUT2D eigenvalue weighted by Gasteiger charge is 2.34. The zero-order chi connectivity index (χ0) is 28.2. The molecule has 3 aromatic carbocycles. The maximum atomic E-state index is 13.8. The number of nitrogens with zero attached hydrogens (tertiary/aromatic N) is 2. The van der Waals surface area contributed by atoms with Gasteiger partial charge in [0.05, 0.1) is 29.5 Å². The minimum atomic E-state index is -0.739. The summed E-state index contributed by atoms with van der Waals surface area (Å²) in [6.45, 7) is 4.13. The number of carbonyl (C=O) groups is 1. The lowest BCUT2D eigenvalue weighted by Crippen LogP contribution is -2.40. The SMILES string of the molecule is CCOC(=O)C1=C(C)N=c2s/c(=C/c3ccc(OCc4ccc(Cl)cc4)cc3)c(=O)n2[C@@H]1c1ccccc1OC. The topological polar surface area (TPSA) is 79.1 Å². The third-order valence-corrected chi connectivity index (χ3v) is 7.68. The molecular weight excluding hydrogens is 548 g/mol. The summed E-state index contributed by atoms with van der Waals surface area (Å²) < 4.78 is 18.9. The number of rotatable bonds is 8. The van der Waals surface area contributed by atoms with E-state index in [1.165, 1.54) is 11.3 Å². The van der Waals surface area contributed by atoms with Crippen LogP contribution in [0.4, 0.5) is 0 Å². The molecule has 4 aromatic rings. The number of thiazole rings is 1. The highest BCUT2D eigenvalue weighted by Crippen LogP contribution is 2.35. The summed E-state index contributed by atoms with van der Waals surface area (Å²) in [5.74, 6) is 0.760. The van der Waals surface area contributed by atoms with Crippen molar-refractivity contribution in [2.24, 2.45) is 4.99 Å². The van der Waals surface area contributed by atoms with Crippen LogP contribution in [0.25, 0.3) is 6.08 Å². The van der Waals surface area contributed by atoms with Crippen LogP contribution in [-0.2, 0) is 16.1 Å². The molecule has 204 valence electrons. The lowest BCUT2D eigenvalue weighted by Gasteiger charge is -2.25. The van der Waals surface area contributed by atoms with E-state index in [4.69, 9.17) is 25.8 Å². The van der Waals surface area contributed by atoms with Crippen LogP contribution >= 0.6 is 22.9 Å². The molecule has 1 atom stereocenters. The average Bonchev–Trinajstić information content (AvgIpc) is 3.26. The van der Waals surface area contributed by atoms with Gasteiger partial charge in [0, 0.05) is 10.6 Å². The molecular formula is C31H27ClN2O5S. The molecule has 2 heterocycles. The van der Waals surface area contributed by atoms with Crippen LogP contribution in [0.5, 0.6) is 11.5 Å². The number of para-hydroxylation sites is 1. The molecule has 7 nitrogen and oxygen atoms in total. The van der Waals surface area contributed by atoms with Gasteiger partial charge < -0.3 is 14.2 Å². The Hall–Kier alpha value is -4.14. The van der Waals surface area contributed by atoms with Crippen LogP contribution in [0.2, 0.25) is 5.02 Å². The molecule has 0 fully saturated rings. The smallest absolute Gasteiger partial charge is 0.338 e. The summed E-state index contributed by atoms with van der Waals surface area (Å²) in [5, 5.41) is 0.680. The third kappa shape index (κ3) is 5.59. The predicted molar refractivity (Wildman–Crippen MR) is 156 cm³/mol. The van der Waals surface area contributed by atoms with Gasteiger partial charge in [0.1, 0.15) is 24.1 Å². The van der Waals surface area contributed by atoms with Gasteiger partial charge in [-0.2, -0.15) is 0 Å². The Kier molecular flexibility index (Phi) is 8.19. The summed E-state index contributed by atoms with van der Waals surface area (Å²) >= 11 is 7.22. The molecule has 0 saturated heterocycles. The molecule has 0 aliphatic carbocycles. The van der Waals surface area contributed by atoms with Crippen molar-refractivity contribution in [2.75, 3.05) is 13.7 Å². The van der Waals surface area contributed by atoms with Gasteiger partial charge in [-0.3, -0.25) is 9.36 Å². The molecule has 0 bridgehead atoms. The van der Waals surface area contributed by atoms with E-state index < -0.39 is 12.0 Å². The number of benzene rings is 3. The molecule has 40 heavy (non-hydrogen) atoms. The van der Waals surface area contributed by atoms with Crippen LogP contribution in [0.1, 0.15) is 36.6 Å². The largest absolute Gasteiger partial charge is 0.496 e. The van der Waals surface area contributed by atoms with Crippen LogP contribution in [0.3, 0.4) is 0 Å². The number of aromatic nitrogens is 1. The molecule has 1 aliphatic rings. The number of carbonyl (C=O) groups excluding carboxylic acids is 1. The van der Waals surface area contributed by atoms with Crippen molar-refractivity contribution in [2.45, 2.75) is 26.5 Å². The van der Waals surface area contributed by atoms with Gasteiger partial charge in [0.2, 0.25) is 0 Å². The van der Waals surface area contributed by atoms with E-state index in [0.29, 0.717) is 49.3 Å². The first kappa shape index (κ1) is 27.4. The van der Waals surface area contributed by atoms with Gasteiger partial charge in [-0.15, -0.1) is 0 Å². The Morgan fingerprint density at radius 3 is 2.50 bits per heavy atom. The monoisotopic (exact) mass is 574 g/mol. The molecule has 0 amide bonds. The second-order valence-corrected chi connectivity index (χ2v) is 10.5. The summed E-state index contributed by atoms with van der Waals surface area (Å²) in [6, 6.07) is 21.6. The zero-order valence-corrected chi connectivity index (χ0v) is 23.8. The summed E-state index contributed by atoms with van der Waals surface area (Å²) in [4.78, 5) is 32.0. The van der Waals surface area contributed by atoms with Gasteiger partial charge >= 0.3 is 5.97 Å². The third-order valence-electron chi connectivity index (χ3n) is 6.45. The van der Waals surface area contributed by atoms with Crippen molar-refractivity contribution in [3.8, 4) is 11.5 Å². The molecule has 1 aliphatic heterocycles. The van der Waals surface area contributed by atoms with Gasteiger partial charge in [0.15, 0.2) is 4.80 Å². The number of ether oxygens (including phenoxy) is 3. The molecule has 9 heteroatoms. The normalized spacial score (nSPS) is 14.9. The van der Waals surface area contributed by atoms with Gasteiger partial charge in [0.25, 0.3) is 5.56 Å². The van der Waals surface area contributed by atoms with Crippen molar-refractivity contribution in [1.29, 1.82) is 0 Å². The number of halogens is 1. The minimum Gasteiger partial charge on any atom is -0.496 e. The van der Waals surface area contributed by atoms with Gasteiger partial charge in [-0.1, -0.05) is 65.4 Å². The summed E-state index contributed by atoms with van der Waals surface area (Å²) in [5.41, 5.74) is 3.09. The number of fused-ring (bicyclic) bond motifs is 1. The fourth-order valence-corrected chi connectivity index (χ4v) is 5.71. The lowest BCUT2D eigenvalue weighted by molar-refractivity contribution is -0.139. The number of esters is 1. The van der Waals surface area contributed by atoms with Crippen molar-refractivity contribution in [1.82, 2.24) is 4.57 Å². The molecule has 0 radical (unpaired) electrons. The number of hydrogen-bond donors (Lipinski definition) is 0. The van der Waals surface area contributed by atoms with E-state index in [1.54, 1.807) is 31.6 Å². The predicted octanol–water partition coefficient (Wildman–Crippen LogP) is 5.04. The Morgan fingerprint density at radius 2 is 1.80 bits per heavy atom. The van der Waals surface area contributed by atoms with Gasteiger partial charge in [-0.25, -0.2) is 9.79 Å². The van der Waals surface area contributed by atoms with Crippen LogP contribution in [0.15, 0.2) is 93.9 Å². The van der Waals surface area contributed by atoms with E-state index in [0.717, 1.165) is 11.1 Å². The first-order chi connectivity index (χ1) is 19.4. The quantitative estimate of drug-likeness (QED) is 0.276. The van der Waals surface area contributed by atoms with Crippen molar-refractivity contribution in [3.05, 3.63) is 125 Å². The van der Waals surface area contributed by atoms with Gasteiger partial charge in [-0.05, 0) is 61.4 Å². The fraction of sp³-hybridized carbons (Fsp3) is 0.194. The van der Waals surface area contributed by atoms with E-state index in [1.807, 2.05) is 72.8 Å². The first-order valence-electron chi connectivity index (χ1n) is 12.7. The second-order valence-electron chi connectivity index (χ2n) is 9.03. The second kappa shape index (κ2) is 11.9. The number of allylic oxidation sites excluding steroid dienone is 1. The Morgan fingerprint density at radius 1 is 1.07 bits per heavy atom. The highest BCUT2D eigenvalue weighted by atomic mass is 35.5. The van der Waals surface area contributed by atoms with E-state index in [-0.39, 0.29) is 12.2 Å². The number of hydrogen-bond acceptors (Lipinski definition) is 7. The molecule has 0 unspecified atom stereocenters. The Balaban J connectivity index is 1.51. The standard InChI is InChI=1S/C31H27ClN2O5S/c1-4-38-30(36)27-19(2)33-31-34(28(27)24-7-5-6-8-25(24)37-3)29(35)26(40-31)17-20-11-15-23(16-12-20)39-18-21-9-13-22(32)14-10-21/h5-17,28H,4,18H2,1-3H3/b26-17+/t28-/m1/s1. The maximum absolute atomic E-state index is 13.8. The number of methoxy groups -OCH3 is 1. The van der Waals surface area contributed by atoms with Crippen molar-refractivity contribution < 1.29 is 19.0 Å². The summed E-state index contributed by atoms with van der Waals surface area (Å²) in [6.07, 6.45) is 1.81. The molecule has 0 saturated carbocycles. The molecule has 5 rings (SSSR count). The Bertz CT molecular complexity index is 1760. The average molecular weight is 575 g/mol. The molecule has 0 spiro atoms. The van der Waals surface area contributed by atoms with Crippen molar-refractivity contribution in [3.63, 3.8) is 0 Å². The zero-order valence-electron chi connectivity index (χ0n) is 22.2. The van der Waals surface area contributed by atoms with E-state index in [9.17, 15) is 9.59 Å². The van der Waals surface area contributed by atoms with Crippen LogP contribution < -0.4 is 24.4 Å². The molecule has 1 aromatic heterocycles. The maximum Gasteiger partial charge on any atom is 0.338 e. The Labute approximate surface area is 240 Å². The van der Waals surface area contributed by atoms with E-state index >= 15 is 0 Å². The van der Waals surface area contributed by atoms with Crippen LogP contribution in [-0.4, -0.2) is 24.3 Å². The fourth-order valence-electron chi connectivity index (χ4n) is 4.54. The minimum absolute atomic E-state index is 0.206. The summed E-state index contributed by atoms with van der Waals surface area (Å²) in [7, 11) is 1.56. The highest BCUT2D eigenvalue weighted by molar-refractivity contribution is 7.07. The van der Waals surface area contributed by atoms with Crippen LogP contribution in [0, 0.1) is 0 Å². The van der Waals surface area contributed by atoms with Crippen molar-refractivity contribution >= 4 is 35.0 Å². The molecule has 0 N–H and O–H groups in total. The first-order valence-corrected chi connectivity index (χ1v) is 13.9. The van der Waals surface area contributed by atoms with E-state index in [2.05, 4.69) is 4.99 Å². The lowest BCUT2D eigenvalue weighted by atomic mass is 9.95.